The minimum absolute atomic E-state index is 0.00755. The molecule has 0 bridgehead atoms. The SMILES string of the molecule is CCC(CC)(CO)NC(=O)C1(CN)CCCCC1. The zero-order valence-electron chi connectivity index (χ0n) is 11.8. The fourth-order valence-electron chi connectivity index (χ4n) is 2.82. The standard InChI is InChI=1S/C14H28N2O2/c1-3-14(4-2,11-17)16-12(18)13(10-15)8-6-5-7-9-13/h17H,3-11,15H2,1-2H3,(H,16,18). The van der Waals surface area contributed by atoms with Crippen LogP contribution >= 0.6 is 0 Å². The number of nitrogens with one attached hydrogen (secondary N) is 1. The van der Waals surface area contributed by atoms with Crippen LogP contribution < -0.4 is 11.1 Å². The molecule has 0 unspecified atom stereocenters. The third kappa shape index (κ3) is 3.04. The van der Waals surface area contributed by atoms with E-state index in [1.165, 1.54) is 6.42 Å². The lowest BCUT2D eigenvalue weighted by atomic mass is 9.72. The topological polar surface area (TPSA) is 75.3 Å². The Morgan fingerprint density at radius 1 is 1.28 bits per heavy atom. The van der Waals surface area contributed by atoms with Gasteiger partial charge in [-0.05, 0) is 25.7 Å². The summed E-state index contributed by atoms with van der Waals surface area (Å²) in [6.45, 7) is 4.39. The minimum atomic E-state index is -0.475. The second-order valence-corrected chi connectivity index (χ2v) is 5.64. The highest BCUT2D eigenvalue weighted by Gasteiger charge is 2.41. The number of nitrogens with two attached hydrogens (primary N) is 1. The zero-order valence-corrected chi connectivity index (χ0v) is 11.8. The molecule has 4 N–H and O–H groups in total. The molecule has 1 amide bonds. The van der Waals surface area contributed by atoms with Crippen molar-refractivity contribution in [3.05, 3.63) is 0 Å². The van der Waals surface area contributed by atoms with Gasteiger partial charge in [0.2, 0.25) is 5.91 Å². The number of carbonyl (C=O) groups is 1. The van der Waals surface area contributed by atoms with Crippen LogP contribution in [0, 0.1) is 5.41 Å². The van der Waals surface area contributed by atoms with Gasteiger partial charge >= 0.3 is 0 Å². The lowest BCUT2D eigenvalue weighted by Gasteiger charge is -2.39. The summed E-state index contributed by atoms with van der Waals surface area (Å²) >= 11 is 0. The molecule has 106 valence electrons. The van der Waals surface area contributed by atoms with Crippen molar-refractivity contribution in [3.63, 3.8) is 0 Å². The molecule has 0 aromatic heterocycles. The van der Waals surface area contributed by atoms with Crippen molar-refractivity contribution in [2.75, 3.05) is 13.2 Å². The monoisotopic (exact) mass is 256 g/mol. The smallest absolute Gasteiger partial charge is 0.228 e. The van der Waals surface area contributed by atoms with E-state index in [1.54, 1.807) is 0 Å². The largest absolute Gasteiger partial charge is 0.394 e. The maximum absolute atomic E-state index is 12.5. The van der Waals surface area contributed by atoms with Gasteiger partial charge in [-0.2, -0.15) is 0 Å². The third-order valence-electron chi connectivity index (χ3n) is 4.72. The Balaban J connectivity index is 2.78. The van der Waals surface area contributed by atoms with E-state index in [9.17, 15) is 9.90 Å². The molecule has 0 aliphatic heterocycles. The molecule has 4 nitrogen and oxygen atoms in total. The van der Waals surface area contributed by atoms with Gasteiger partial charge in [0.05, 0.1) is 17.6 Å². The van der Waals surface area contributed by atoms with Crippen LogP contribution in [0.1, 0.15) is 58.8 Å². The van der Waals surface area contributed by atoms with Crippen molar-refractivity contribution in [2.45, 2.75) is 64.3 Å². The highest BCUT2D eigenvalue weighted by Crippen LogP contribution is 2.36. The maximum Gasteiger partial charge on any atom is 0.228 e. The summed E-state index contributed by atoms with van der Waals surface area (Å²) in [5.74, 6) is 0.0439. The predicted octanol–water partition coefficient (Wildman–Crippen LogP) is 1.56. The predicted molar refractivity (Wildman–Crippen MR) is 73.1 cm³/mol. The summed E-state index contributed by atoms with van der Waals surface area (Å²) < 4.78 is 0. The number of hydrogen-bond donors (Lipinski definition) is 3. The van der Waals surface area contributed by atoms with Crippen molar-refractivity contribution in [2.24, 2.45) is 11.1 Å². The first-order valence-corrected chi connectivity index (χ1v) is 7.21. The van der Waals surface area contributed by atoms with Crippen LogP contribution in [0.2, 0.25) is 0 Å². The average molecular weight is 256 g/mol. The molecule has 0 radical (unpaired) electrons. The van der Waals surface area contributed by atoms with Crippen LogP contribution in [0.25, 0.3) is 0 Å². The summed E-state index contributed by atoms with van der Waals surface area (Å²) in [4.78, 5) is 12.5. The molecule has 1 saturated carbocycles. The van der Waals surface area contributed by atoms with Crippen LogP contribution in [-0.2, 0) is 4.79 Å². The summed E-state index contributed by atoms with van der Waals surface area (Å²) in [6, 6.07) is 0. The fourth-order valence-corrected chi connectivity index (χ4v) is 2.82. The lowest BCUT2D eigenvalue weighted by molar-refractivity contribution is -0.135. The third-order valence-corrected chi connectivity index (χ3v) is 4.72. The van der Waals surface area contributed by atoms with Crippen LogP contribution in [0.15, 0.2) is 0 Å². The minimum Gasteiger partial charge on any atom is -0.394 e. The van der Waals surface area contributed by atoms with E-state index in [0.717, 1.165) is 38.5 Å². The molecular formula is C14H28N2O2. The van der Waals surface area contributed by atoms with E-state index in [0.29, 0.717) is 6.54 Å². The van der Waals surface area contributed by atoms with E-state index in [4.69, 9.17) is 5.73 Å². The maximum atomic E-state index is 12.5. The number of rotatable bonds is 6. The number of amides is 1. The molecular weight excluding hydrogens is 228 g/mol. The lowest BCUT2D eigenvalue weighted by Crippen LogP contribution is -2.57. The van der Waals surface area contributed by atoms with Crippen LogP contribution in [0.3, 0.4) is 0 Å². The zero-order chi connectivity index (χ0) is 13.6. The Morgan fingerprint density at radius 3 is 2.22 bits per heavy atom. The van der Waals surface area contributed by atoms with Gasteiger partial charge in [-0.1, -0.05) is 33.1 Å². The Kier molecular flexibility index (Phi) is 5.60. The Bertz CT molecular complexity index is 261. The molecule has 0 aromatic carbocycles. The number of carbonyl (C=O) groups excluding carboxylic acids is 1. The van der Waals surface area contributed by atoms with E-state index < -0.39 is 11.0 Å². The average Bonchev–Trinajstić information content (AvgIpc) is 2.45. The van der Waals surface area contributed by atoms with Gasteiger partial charge in [-0.15, -0.1) is 0 Å². The molecule has 0 heterocycles. The molecule has 1 rings (SSSR count). The van der Waals surface area contributed by atoms with Gasteiger partial charge in [-0.3, -0.25) is 4.79 Å². The van der Waals surface area contributed by atoms with Crippen LogP contribution in [0.5, 0.6) is 0 Å². The molecule has 4 heteroatoms. The second-order valence-electron chi connectivity index (χ2n) is 5.64. The highest BCUT2D eigenvalue weighted by molar-refractivity contribution is 5.83. The summed E-state index contributed by atoms with van der Waals surface area (Å²) in [7, 11) is 0. The first-order valence-electron chi connectivity index (χ1n) is 7.21. The van der Waals surface area contributed by atoms with Gasteiger partial charge in [0.1, 0.15) is 0 Å². The van der Waals surface area contributed by atoms with Crippen molar-refractivity contribution in [1.82, 2.24) is 5.32 Å². The molecule has 18 heavy (non-hydrogen) atoms. The number of aliphatic hydroxyl groups is 1. The second kappa shape index (κ2) is 6.53. The highest BCUT2D eigenvalue weighted by atomic mass is 16.3. The fraction of sp³-hybridized carbons (Fsp3) is 0.929. The molecule has 0 aromatic rings. The van der Waals surface area contributed by atoms with E-state index in [2.05, 4.69) is 5.32 Å². The van der Waals surface area contributed by atoms with Gasteiger partial charge in [-0.25, -0.2) is 0 Å². The van der Waals surface area contributed by atoms with Crippen LogP contribution in [-0.4, -0.2) is 29.7 Å². The summed E-state index contributed by atoms with van der Waals surface area (Å²) in [5.41, 5.74) is 4.98. The number of hydrogen-bond acceptors (Lipinski definition) is 3. The Morgan fingerprint density at radius 2 is 1.83 bits per heavy atom. The van der Waals surface area contributed by atoms with Gasteiger partial charge < -0.3 is 16.2 Å². The molecule has 1 aliphatic rings. The first-order chi connectivity index (χ1) is 8.58. The van der Waals surface area contributed by atoms with E-state index in [1.807, 2.05) is 13.8 Å². The van der Waals surface area contributed by atoms with Crippen molar-refractivity contribution in [3.8, 4) is 0 Å². The number of aliphatic hydroxyl groups excluding tert-OH is 1. The van der Waals surface area contributed by atoms with Crippen molar-refractivity contribution in [1.29, 1.82) is 0 Å². The van der Waals surface area contributed by atoms with Crippen molar-refractivity contribution < 1.29 is 9.90 Å². The van der Waals surface area contributed by atoms with Crippen LogP contribution in [0.4, 0.5) is 0 Å². The van der Waals surface area contributed by atoms with E-state index in [-0.39, 0.29) is 12.5 Å². The Labute approximate surface area is 110 Å². The molecule has 1 aliphatic carbocycles. The molecule has 0 spiro atoms. The molecule has 0 atom stereocenters. The first kappa shape index (κ1) is 15.4. The van der Waals surface area contributed by atoms with Gasteiger partial charge in [0, 0.05) is 6.54 Å². The summed E-state index contributed by atoms with van der Waals surface area (Å²) in [5, 5.41) is 12.6. The normalized spacial score (nSPS) is 19.6. The van der Waals surface area contributed by atoms with Gasteiger partial charge in [0.15, 0.2) is 0 Å². The summed E-state index contributed by atoms with van der Waals surface area (Å²) in [6.07, 6.45) is 6.60. The van der Waals surface area contributed by atoms with Crippen molar-refractivity contribution >= 4 is 5.91 Å². The Hall–Kier alpha value is -0.610. The molecule has 1 fully saturated rings. The molecule has 0 saturated heterocycles. The van der Waals surface area contributed by atoms with E-state index >= 15 is 0 Å². The quantitative estimate of drug-likeness (QED) is 0.675. The van der Waals surface area contributed by atoms with Gasteiger partial charge in [0.25, 0.3) is 0 Å².